The summed E-state index contributed by atoms with van der Waals surface area (Å²) in [6.45, 7) is 2.66. The molecule has 0 aromatic heterocycles. The number of carbonyl (C=O) groups is 1. The highest BCUT2D eigenvalue weighted by molar-refractivity contribution is 5.94. The number of nitrogens with zero attached hydrogens (tertiary/aromatic N) is 1. The number of ether oxygens (including phenoxy) is 1. The van der Waals surface area contributed by atoms with E-state index in [1.54, 1.807) is 24.3 Å². The molecule has 94 valence electrons. The Morgan fingerprint density at radius 2 is 2.50 bits per heavy atom. The van der Waals surface area contributed by atoms with Crippen LogP contribution in [0, 0.1) is 11.3 Å². The normalized spacial score (nSPS) is 18.9. The summed E-state index contributed by atoms with van der Waals surface area (Å²) < 4.78 is 5.30. The standard InChI is InChI=1S/C13H15N3O2/c14-7-10-2-1-3-11(6-10)13(17)16-8-12-9-18-5-4-15-12/h1-3,6,12,15H,4-5,8-9H2,(H,16,17). The van der Waals surface area contributed by atoms with Crippen LogP contribution in [0.25, 0.3) is 0 Å². The van der Waals surface area contributed by atoms with Crippen LogP contribution < -0.4 is 10.6 Å². The van der Waals surface area contributed by atoms with Gasteiger partial charge < -0.3 is 15.4 Å². The molecule has 5 nitrogen and oxygen atoms in total. The monoisotopic (exact) mass is 245 g/mol. The molecule has 0 radical (unpaired) electrons. The molecule has 2 rings (SSSR count). The van der Waals surface area contributed by atoms with Crippen LogP contribution in [-0.2, 0) is 4.74 Å². The van der Waals surface area contributed by atoms with E-state index in [1.807, 2.05) is 6.07 Å². The van der Waals surface area contributed by atoms with Gasteiger partial charge in [0, 0.05) is 24.7 Å². The largest absolute Gasteiger partial charge is 0.378 e. The fourth-order valence-electron chi connectivity index (χ4n) is 1.80. The smallest absolute Gasteiger partial charge is 0.251 e. The van der Waals surface area contributed by atoms with Gasteiger partial charge >= 0.3 is 0 Å². The average molecular weight is 245 g/mol. The van der Waals surface area contributed by atoms with Gasteiger partial charge in [-0.15, -0.1) is 0 Å². The number of morpholine rings is 1. The first-order valence-electron chi connectivity index (χ1n) is 5.89. The predicted molar refractivity (Wildman–Crippen MR) is 66.1 cm³/mol. The molecule has 5 heteroatoms. The Morgan fingerprint density at radius 1 is 1.61 bits per heavy atom. The SMILES string of the molecule is N#Cc1cccc(C(=O)NCC2COCCN2)c1. The topological polar surface area (TPSA) is 74.2 Å². The van der Waals surface area contributed by atoms with Crippen molar-refractivity contribution in [1.29, 1.82) is 5.26 Å². The van der Waals surface area contributed by atoms with Crippen molar-refractivity contribution in [3.05, 3.63) is 35.4 Å². The zero-order valence-corrected chi connectivity index (χ0v) is 9.98. The Bertz CT molecular complexity index is 462. The zero-order valence-electron chi connectivity index (χ0n) is 9.98. The van der Waals surface area contributed by atoms with Crippen LogP contribution in [0.2, 0.25) is 0 Å². The molecule has 1 fully saturated rings. The van der Waals surface area contributed by atoms with Crippen molar-refractivity contribution in [2.24, 2.45) is 0 Å². The first kappa shape index (κ1) is 12.6. The van der Waals surface area contributed by atoms with E-state index in [2.05, 4.69) is 10.6 Å². The van der Waals surface area contributed by atoms with Gasteiger partial charge in [0.15, 0.2) is 0 Å². The molecule has 1 amide bonds. The van der Waals surface area contributed by atoms with Gasteiger partial charge in [-0.05, 0) is 18.2 Å². The molecule has 18 heavy (non-hydrogen) atoms. The number of benzene rings is 1. The minimum atomic E-state index is -0.167. The molecule has 1 heterocycles. The Balaban J connectivity index is 1.89. The fraction of sp³-hybridized carbons (Fsp3) is 0.385. The van der Waals surface area contributed by atoms with Crippen molar-refractivity contribution in [2.45, 2.75) is 6.04 Å². The molecule has 1 aliphatic rings. The predicted octanol–water partition coefficient (Wildman–Crippen LogP) is 0.276. The molecule has 0 saturated carbocycles. The first-order valence-corrected chi connectivity index (χ1v) is 5.89. The van der Waals surface area contributed by atoms with Crippen LogP contribution in [0.3, 0.4) is 0 Å². The van der Waals surface area contributed by atoms with Crippen molar-refractivity contribution < 1.29 is 9.53 Å². The number of hydrogen-bond acceptors (Lipinski definition) is 4. The summed E-state index contributed by atoms with van der Waals surface area (Å²) in [5.74, 6) is -0.167. The minimum Gasteiger partial charge on any atom is -0.378 e. The van der Waals surface area contributed by atoms with E-state index in [0.717, 1.165) is 6.54 Å². The number of nitriles is 1. The van der Waals surface area contributed by atoms with Crippen molar-refractivity contribution in [1.82, 2.24) is 10.6 Å². The van der Waals surface area contributed by atoms with Gasteiger partial charge in [-0.1, -0.05) is 6.07 Å². The Morgan fingerprint density at radius 3 is 3.22 bits per heavy atom. The third-order valence-corrected chi connectivity index (χ3v) is 2.76. The summed E-state index contributed by atoms with van der Waals surface area (Å²) in [5.41, 5.74) is 0.993. The molecule has 1 unspecified atom stereocenters. The van der Waals surface area contributed by atoms with Gasteiger partial charge in [-0.25, -0.2) is 0 Å². The molecule has 1 aliphatic heterocycles. The maximum Gasteiger partial charge on any atom is 0.251 e. The third-order valence-electron chi connectivity index (χ3n) is 2.76. The first-order chi connectivity index (χ1) is 8.79. The van der Waals surface area contributed by atoms with E-state index in [-0.39, 0.29) is 11.9 Å². The Hall–Kier alpha value is -1.90. The molecule has 0 spiro atoms. The quantitative estimate of drug-likeness (QED) is 0.802. The summed E-state index contributed by atoms with van der Waals surface area (Å²) >= 11 is 0. The van der Waals surface area contributed by atoms with Crippen molar-refractivity contribution in [3.8, 4) is 6.07 Å². The average Bonchev–Trinajstić information content (AvgIpc) is 2.46. The Labute approximate surface area is 106 Å². The van der Waals surface area contributed by atoms with E-state index >= 15 is 0 Å². The number of nitrogens with one attached hydrogen (secondary N) is 2. The maximum atomic E-state index is 11.9. The Kier molecular flexibility index (Phi) is 4.29. The second kappa shape index (κ2) is 6.15. The van der Waals surface area contributed by atoms with E-state index in [1.165, 1.54) is 0 Å². The lowest BCUT2D eigenvalue weighted by Gasteiger charge is -2.23. The second-order valence-electron chi connectivity index (χ2n) is 4.13. The molecular weight excluding hydrogens is 230 g/mol. The molecular formula is C13H15N3O2. The lowest BCUT2D eigenvalue weighted by atomic mass is 10.1. The lowest BCUT2D eigenvalue weighted by molar-refractivity contribution is 0.0734. The molecule has 2 N–H and O–H groups in total. The van der Waals surface area contributed by atoms with E-state index in [9.17, 15) is 4.79 Å². The number of carbonyl (C=O) groups excluding carboxylic acids is 1. The highest BCUT2D eigenvalue weighted by Crippen LogP contribution is 2.04. The molecule has 1 aromatic rings. The molecule has 1 aromatic carbocycles. The van der Waals surface area contributed by atoms with Crippen molar-refractivity contribution in [2.75, 3.05) is 26.3 Å². The van der Waals surface area contributed by atoms with Crippen molar-refractivity contribution >= 4 is 5.91 Å². The number of rotatable bonds is 3. The summed E-state index contributed by atoms with van der Waals surface area (Å²) in [4.78, 5) is 11.9. The van der Waals surface area contributed by atoms with Crippen LogP contribution in [0.4, 0.5) is 0 Å². The second-order valence-corrected chi connectivity index (χ2v) is 4.13. The van der Waals surface area contributed by atoms with Crippen LogP contribution in [-0.4, -0.2) is 38.3 Å². The maximum absolute atomic E-state index is 11.9. The third kappa shape index (κ3) is 3.29. The molecule has 0 bridgehead atoms. The number of amides is 1. The summed E-state index contributed by atoms with van der Waals surface area (Å²) in [6, 6.07) is 8.83. The fourth-order valence-corrected chi connectivity index (χ4v) is 1.80. The summed E-state index contributed by atoms with van der Waals surface area (Å²) in [7, 11) is 0. The van der Waals surface area contributed by atoms with Crippen LogP contribution in [0.15, 0.2) is 24.3 Å². The van der Waals surface area contributed by atoms with E-state index < -0.39 is 0 Å². The summed E-state index contributed by atoms with van der Waals surface area (Å²) in [6.07, 6.45) is 0. The van der Waals surface area contributed by atoms with Crippen molar-refractivity contribution in [3.63, 3.8) is 0 Å². The summed E-state index contributed by atoms with van der Waals surface area (Å²) in [5, 5.41) is 14.9. The zero-order chi connectivity index (χ0) is 12.8. The number of hydrogen-bond donors (Lipinski definition) is 2. The highest BCUT2D eigenvalue weighted by atomic mass is 16.5. The minimum absolute atomic E-state index is 0.154. The van der Waals surface area contributed by atoms with E-state index in [4.69, 9.17) is 10.00 Å². The van der Waals surface area contributed by atoms with Gasteiger partial charge in [-0.2, -0.15) is 5.26 Å². The van der Waals surface area contributed by atoms with Gasteiger partial charge in [0.2, 0.25) is 0 Å². The lowest BCUT2D eigenvalue weighted by Crippen LogP contribution is -2.48. The van der Waals surface area contributed by atoms with Crippen LogP contribution in [0.1, 0.15) is 15.9 Å². The molecule has 0 aliphatic carbocycles. The molecule has 1 saturated heterocycles. The van der Waals surface area contributed by atoms with Gasteiger partial charge in [-0.3, -0.25) is 4.79 Å². The molecule has 1 atom stereocenters. The van der Waals surface area contributed by atoms with Gasteiger partial charge in [0.25, 0.3) is 5.91 Å². The van der Waals surface area contributed by atoms with Gasteiger partial charge in [0.05, 0.1) is 24.8 Å². The highest BCUT2D eigenvalue weighted by Gasteiger charge is 2.14. The van der Waals surface area contributed by atoms with Gasteiger partial charge in [0.1, 0.15) is 0 Å². The van der Waals surface area contributed by atoms with E-state index in [0.29, 0.717) is 30.9 Å². The van der Waals surface area contributed by atoms with Crippen LogP contribution >= 0.6 is 0 Å². The van der Waals surface area contributed by atoms with Crippen LogP contribution in [0.5, 0.6) is 0 Å².